The van der Waals surface area contributed by atoms with E-state index in [9.17, 15) is 0 Å². The van der Waals surface area contributed by atoms with Gasteiger partial charge in [-0.2, -0.15) is 5.10 Å². The van der Waals surface area contributed by atoms with E-state index in [4.69, 9.17) is 0 Å². The summed E-state index contributed by atoms with van der Waals surface area (Å²) in [5, 5.41) is 13.0. The molecule has 0 saturated carbocycles. The summed E-state index contributed by atoms with van der Waals surface area (Å²) >= 11 is 1.76. The molecule has 0 amide bonds. The van der Waals surface area contributed by atoms with Gasteiger partial charge < -0.3 is 5.32 Å². The molecule has 3 heterocycles. The second-order valence-corrected chi connectivity index (χ2v) is 4.73. The Morgan fingerprint density at radius 3 is 3.20 bits per heavy atom. The van der Waals surface area contributed by atoms with Crippen LogP contribution in [0.4, 0.5) is 5.82 Å². The molecular weight excluding hydrogens is 206 g/mol. The van der Waals surface area contributed by atoms with Crippen LogP contribution in [0.2, 0.25) is 0 Å². The summed E-state index contributed by atoms with van der Waals surface area (Å²) < 4.78 is 0. The van der Waals surface area contributed by atoms with Crippen LogP contribution < -0.4 is 5.32 Å². The van der Waals surface area contributed by atoms with Crippen molar-refractivity contribution in [1.29, 1.82) is 0 Å². The number of aromatic nitrogens is 2. The maximum Gasteiger partial charge on any atom is 0.151 e. The molecule has 4 heteroatoms. The molecule has 0 aliphatic carbocycles. The molecule has 2 aromatic heterocycles. The number of nitrogens with one attached hydrogen (secondary N) is 2. The highest BCUT2D eigenvalue weighted by molar-refractivity contribution is 7.13. The number of fused-ring (bicyclic) bond motifs is 1. The van der Waals surface area contributed by atoms with E-state index in [0.29, 0.717) is 0 Å². The lowest BCUT2D eigenvalue weighted by molar-refractivity contribution is 0.784. The van der Waals surface area contributed by atoms with Gasteiger partial charge in [-0.1, -0.05) is 6.07 Å². The van der Waals surface area contributed by atoms with Crippen LogP contribution in [0.1, 0.15) is 18.4 Å². The summed E-state index contributed by atoms with van der Waals surface area (Å²) in [6.45, 7) is 1.04. The molecule has 0 bridgehead atoms. The highest BCUT2D eigenvalue weighted by Gasteiger charge is 2.16. The van der Waals surface area contributed by atoms with E-state index in [2.05, 4.69) is 33.0 Å². The van der Waals surface area contributed by atoms with Gasteiger partial charge in [-0.3, -0.25) is 5.10 Å². The fourth-order valence-corrected chi connectivity index (χ4v) is 2.76. The van der Waals surface area contributed by atoms with Crippen LogP contribution in [-0.4, -0.2) is 16.7 Å². The number of hydrogen-bond donors (Lipinski definition) is 2. The molecule has 2 N–H and O–H groups in total. The monoisotopic (exact) mass is 219 g/mol. The zero-order valence-electron chi connectivity index (χ0n) is 8.42. The summed E-state index contributed by atoms with van der Waals surface area (Å²) in [6, 6.07) is 4.22. The van der Waals surface area contributed by atoms with E-state index in [1.165, 1.54) is 29.0 Å². The lowest BCUT2D eigenvalue weighted by atomic mass is 10.1. The first-order chi connectivity index (χ1) is 7.45. The van der Waals surface area contributed by atoms with Crippen molar-refractivity contribution in [2.75, 3.05) is 11.9 Å². The van der Waals surface area contributed by atoms with Gasteiger partial charge in [0, 0.05) is 12.1 Å². The summed E-state index contributed by atoms with van der Waals surface area (Å²) in [5.74, 6) is 1.05. The van der Waals surface area contributed by atoms with Crippen LogP contribution in [0.5, 0.6) is 0 Å². The third kappa shape index (κ3) is 1.55. The molecule has 0 saturated heterocycles. The smallest absolute Gasteiger partial charge is 0.151 e. The van der Waals surface area contributed by atoms with E-state index in [-0.39, 0.29) is 0 Å². The molecule has 0 aromatic carbocycles. The van der Waals surface area contributed by atoms with Crippen molar-refractivity contribution in [2.24, 2.45) is 0 Å². The van der Waals surface area contributed by atoms with Gasteiger partial charge in [0.2, 0.25) is 0 Å². The van der Waals surface area contributed by atoms with Crippen LogP contribution in [0, 0.1) is 0 Å². The van der Waals surface area contributed by atoms with Crippen molar-refractivity contribution >= 4 is 17.2 Å². The molecule has 0 radical (unpaired) electrons. The lowest BCUT2D eigenvalue weighted by Gasteiger charge is -1.99. The maximum absolute atomic E-state index is 4.34. The van der Waals surface area contributed by atoms with Gasteiger partial charge >= 0.3 is 0 Å². The van der Waals surface area contributed by atoms with Crippen molar-refractivity contribution in [3.63, 3.8) is 0 Å². The molecule has 0 unspecified atom stereocenters. The molecule has 15 heavy (non-hydrogen) atoms. The Bertz CT molecular complexity index is 444. The Labute approximate surface area is 92.5 Å². The molecule has 3 rings (SSSR count). The van der Waals surface area contributed by atoms with Gasteiger partial charge in [-0.25, -0.2) is 0 Å². The highest BCUT2D eigenvalue weighted by Crippen LogP contribution is 2.32. The quantitative estimate of drug-likeness (QED) is 0.774. The van der Waals surface area contributed by atoms with Gasteiger partial charge in [0.05, 0.1) is 10.6 Å². The Morgan fingerprint density at radius 1 is 1.33 bits per heavy atom. The van der Waals surface area contributed by atoms with E-state index in [1.807, 2.05) is 0 Å². The van der Waals surface area contributed by atoms with Crippen molar-refractivity contribution in [3.8, 4) is 10.6 Å². The van der Waals surface area contributed by atoms with Crippen LogP contribution in [-0.2, 0) is 6.42 Å². The van der Waals surface area contributed by atoms with Crippen LogP contribution in [0.15, 0.2) is 17.5 Å². The molecule has 1 aliphatic heterocycles. The molecule has 0 fully saturated rings. The van der Waals surface area contributed by atoms with Gasteiger partial charge in [0.15, 0.2) is 5.82 Å². The van der Waals surface area contributed by atoms with Crippen molar-refractivity contribution < 1.29 is 0 Å². The third-order valence-electron chi connectivity index (χ3n) is 2.78. The number of rotatable bonds is 1. The molecule has 2 aromatic rings. The first-order valence-corrected chi connectivity index (χ1v) is 6.18. The average Bonchev–Trinajstić information content (AvgIpc) is 2.83. The van der Waals surface area contributed by atoms with Gasteiger partial charge in [-0.05, 0) is 30.7 Å². The van der Waals surface area contributed by atoms with E-state index in [1.54, 1.807) is 11.3 Å². The second-order valence-electron chi connectivity index (χ2n) is 3.79. The van der Waals surface area contributed by atoms with E-state index >= 15 is 0 Å². The largest absolute Gasteiger partial charge is 0.368 e. The zero-order valence-corrected chi connectivity index (χ0v) is 9.23. The predicted molar refractivity (Wildman–Crippen MR) is 63.3 cm³/mol. The lowest BCUT2D eigenvalue weighted by Crippen LogP contribution is -1.99. The highest BCUT2D eigenvalue weighted by atomic mass is 32.1. The Hall–Kier alpha value is -1.29. The number of H-pyrrole nitrogens is 1. The topological polar surface area (TPSA) is 40.7 Å². The minimum atomic E-state index is 1.04. The van der Waals surface area contributed by atoms with Crippen LogP contribution in [0.25, 0.3) is 10.6 Å². The van der Waals surface area contributed by atoms with Gasteiger partial charge in [-0.15, -0.1) is 11.3 Å². The SMILES string of the molecule is c1csc(-c2[nH]nc3c2CCCCN3)c1. The Kier molecular flexibility index (Phi) is 2.21. The van der Waals surface area contributed by atoms with Crippen LogP contribution >= 0.6 is 11.3 Å². The van der Waals surface area contributed by atoms with E-state index in [0.717, 1.165) is 18.8 Å². The van der Waals surface area contributed by atoms with Crippen molar-refractivity contribution in [1.82, 2.24) is 10.2 Å². The third-order valence-corrected chi connectivity index (χ3v) is 3.67. The number of thiophene rings is 1. The molecule has 0 spiro atoms. The standard InChI is InChI=1S/C11H13N3S/c1-2-6-12-11-8(4-1)10(13-14-11)9-5-3-7-15-9/h3,5,7H,1-2,4,6H2,(H2,12,13,14). The minimum absolute atomic E-state index is 1.04. The number of nitrogens with zero attached hydrogens (tertiary/aromatic N) is 1. The van der Waals surface area contributed by atoms with Crippen molar-refractivity contribution in [2.45, 2.75) is 19.3 Å². The van der Waals surface area contributed by atoms with Gasteiger partial charge in [0.1, 0.15) is 0 Å². The minimum Gasteiger partial charge on any atom is -0.368 e. The first kappa shape index (κ1) is 8.97. The number of aromatic amines is 1. The molecule has 78 valence electrons. The van der Waals surface area contributed by atoms with E-state index < -0.39 is 0 Å². The molecule has 1 aliphatic rings. The summed E-state index contributed by atoms with van der Waals surface area (Å²) in [6.07, 6.45) is 3.62. The average molecular weight is 219 g/mol. The number of anilines is 1. The van der Waals surface area contributed by atoms with Crippen LogP contribution in [0.3, 0.4) is 0 Å². The summed E-state index contributed by atoms with van der Waals surface area (Å²) in [4.78, 5) is 1.28. The normalized spacial score (nSPS) is 15.5. The summed E-state index contributed by atoms with van der Waals surface area (Å²) in [5.41, 5.74) is 2.56. The predicted octanol–water partition coefficient (Wildman–Crippen LogP) is 2.89. The fourth-order valence-electron chi connectivity index (χ4n) is 2.01. The molecule has 3 nitrogen and oxygen atoms in total. The second kappa shape index (κ2) is 3.70. The Morgan fingerprint density at radius 2 is 2.33 bits per heavy atom. The fraction of sp³-hybridized carbons (Fsp3) is 0.364. The zero-order chi connectivity index (χ0) is 10.1. The van der Waals surface area contributed by atoms with Gasteiger partial charge in [0.25, 0.3) is 0 Å². The molecule has 0 atom stereocenters. The van der Waals surface area contributed by atoms with Crippen molar-refractivity contribution in [3.05, 3.63) is 23.1 Å². The first-order valence-electron chi connectivity index (χ1n) is 5.30. The number of hydrogen-bond acceptors (Lipinski definition) is 3. The maximum atomic E-state index is 4.34. The Balaban J connectivity index is 2.06. The summed E-state index contributed by atoms with van der Waals surface area (Å²) in [7, 11) is 0. The molecular formula is C11H13N3S.